The van der Waals surface area contributed by atoms with E-state index >= 15 is 0 Å². The van der Waals surface area contributed by atoms with Crippen LogP contribution in [0, 0.1) is 0 Å². The highest BCUT2D eigenvalue weighted by atomic mass is 16.6. The average molecular weight is 679 g/mol. The van der Waals surface area contributed by atoms with Crippen molar-refractivity contribution in [2.24, 2.45) is 0 Å². The molecule has 6 rings (SSSR count). The van der Waals surface area contributed by atoms with Crippen LogP contribution < -0.4 is 9.47 Å². The summed E-state index contributed by atoms with van der Waals surface area (Å²) in [5.74, 6) is 0.547. The van der Waals surface area contributed by atoms with Crippen molar-refractivity contribution >= 4 is 11.9 Å². The molecule has 0 bridgehead atoms. The van der Waals surface area contributed by atoms with Crippen LogP contribution >= 0.6 is 0 Å². The number of carbonyl (C=O) groups excluding carboxylic acids is 2. The SMILES string of the molecule is C=C(C)C(=O)OCCOc1ccc(C2(c3ccc(OCCOC(=O)C(=C)C)c(-c4ccccc4)c3)CCc3ccccc32)cc1-c1ccccc1. The smallest absolute Gasteiger partial charge is 0.333 e. The van der Waals surface area contributed by atoms with Gasteiger partial charge in [-0.2, -0.15) is 0 Å². The van der Waals surface area contributed by atoms with Crippen molar-refractivity contribution < 1.29 is 28.5 Å². The lowest BCUT2D eigenvalue weighted by atomic mass is 9.69. The van der Waals surface area contributed by atoms with Gasteiger partial charge in [0.1, 0.15) is 37.9 Å². The fourth-order valence-corrected chi connectivity index (χ4v) is 6.73. The molecule has 0 saturated carbocycles. The van der Waals surface area contributed by atoms with Gasteiger partial charge in [-0.1, -0.05) is 110 Å². The molecule has 0 N–H and O–H groups in total. The predicted molar refractivity (Wildman–Crippen MR) is 201 cm³/mol. The maximum absolute atomic E-state index is 11.9. The van der Waals surface area contributed by atoms with E-state index in [4.69, 9.17) is 18.9 Å². The molecule has 0 radical (unpaired) electrons. The maximum Gasteiger partial charge on any atom is 0.333 e. The molecule has 0 aromatic heterocycles. The zero-order chi connectivity index (χ0) is 35.8. The zero-order valence-electron chi connectivity index (χ0n) is 29.2. The van der Waals surface area contributed by atoms with E-state index in [0.717, 1.165) is 46.2 Å². The van der Waals surface area contributed by atoms with Crippen LogP contribution in [-0.2, 0) is 30.9 Å². The first kappa shape index (κ1) is 35.0. The summed E-state index contributed by atoms with van der Waals surface area (Å²) in [5, 5.41) is 0. The highest BCUT2D eigenvalue weighted by molar-refractivity contribution is 5.87. The Kier molecular flexibility index (Phi) is 10.8. The van der Waals surface area contributed by atoms with E-state index in [1.54, 1.807) is 13.8 Å². The van der Waals surface area contributed by atoms with E-state index in [0.29, 0.717) is 22.6 Å². The molecule has 5 aromatic rings. The fraction of sp³-hybridized carbons (Fsp3) is 0.200. The Morgan fingerprint density at radius 1 is 0.588 bits per heavy atom. The minimum Gasteiger partial charge on any atom is -0.489 e. The van der Waals surface area contributed by atoms with E-state index in [1.807, 2.05) is 48.5 Å². The summed E-state index contributed by atoms with van der Waals surface area (Å²) in [7, 11) is 0. The number of aryl methyl sites for hydroxylation is 1. The van der Waals surface area contributed by atoms with Gasteiger partial charge in [-0.25, -0.2) is 9.59 Å². The van der Waals surface area contributed by atoms with E-state index in [2.05, 4.69) is 86.0 Å². The zero-order valence-corrected chi connectivity index (χ0v) is 29.2. The Morgan fingerprint density at radius 3 is 1.51 bits per heavy atom. The molecule has 0 amide bonds. The van der Waals surface area contributed by atoms with E-state index in [-0.39, 0.29) is 26.4 Å². The Morgan fingerprint density at radius 2 is 1.04 bits per heavy atom. The van der Waals surface area contributed by atoms with Gasteiger partial charge in [0.05, 0.1) is 0 Å². The standard InChI is InChI=1S/C45H42O6/c1-31(2)43(46)50-27-25-48-41-21-19-36(29-38(41)33-13-7-5-8-14-33)45(24-23-35-17-11-12-18-40(35)45)37-20-22-42(49-26-28-51-44(47)32(3)4)39(30-37)34-15-9-6-10-16-34/h5-22,29-30H,1,3,23-28H2,2,4H3. The van der Waals surface area contributed by atoms with Crippen molar-refractivity contribution in [1.29, 1.82) is 0 Å². The highest BCUT2D eigenvalue weighted by Crippen LogP contribution is 2.51. The van der Waals surface area contributed by atoms with Gasteiger partial charge in [-0.15, -0.1) is 0 Å². The van der Waals surface area contributed by atoms with E-state index in [1.165, 1.54) is 11.1 Å². The molecule has 0 saturated heterocycles. The molecule has 6 heteroatoms. The Balaban J connectivity index is 1.43. The minimum absolute atomic E-state index is 0.117. The second-order valence-electron chi connectivity index (χ2n) is 12.7. The Hall–Kier alpha value is -5.88. The molecule has 0 atom stereocenters. The molecule has 51 heavy (non-hydrogen) atoms. The monoisotopic (exact) mass is 678 g/mol. The number of esters is 2. The lowest BCUT2D eigenvalue weighted by molar-refractivity contribution is -0.140. The number of hydrogen-bond donors (Lipinski definition) is 0. The first-order chi connectivity index (χ1) is 24.8. The molecule has 5 aromatic carbocycles. The molecule has 0 spiro atoms. The largest absolute Gasteiger partial charge is 0.489 e. The van der Waals surface area contributed by atoms with Gasteiger partial charge in [-0.05, 0) is 84.3 Å². The molecule has 0 fully saturated rings. The Labute approximate surface area is 300 Å². The molecule has 1 aliphatic rings. The summed E-state index contributed by atoms with van der Waals surface area (Å²) in [6.07, 6.45) is 1.80. The number of hydrogen-bond acceptors (Lipinski definition) is 6. The predicted octanol–water partition coefficient (Wildman–Crippen LogP) is 9.30. The van der Waals surface area contributed by atoms with Crippen LogP contribution in [0.15, 0.2) is 146 Å². The first-order valence-corrected chi connectivity index (χ1v) is 17.2. The van der Waals surface area contributed by atoms with Gasteiger partial charge >= 0.3 is 11.9 Å². The second-order valence-corrected chi connectivity index (χ2v) is 12.7. The summed E-state index contributed by atoms with van der Waals surface area (Å²) in [6, 6.07) is 41.9. The lowest BCUT2D eigenvalue weighted by Gasteiger charge is -2.34. The van der Waals surface area contributed by atoms with Crippen LogP contribution in [0.3, 0.4) is 0 Å². The van der Waals surface area contributed by atoms with Gasteiger partial charge < -0.3 is 18.9 Å². The van der Waals surface area contributed by atoms with Crippen LogP contribution in [0.2, 0.25) is 0 Å². The van der Waals surface area contributed by atoms with Crippen LogP contribution in [0.5, 0.6) is 11.5 Å². The van der Waals surface area contributed by atoms with Crippen LogP contribution in [-0.4, -0.2) is 38.4 Å². The highest BCUT2D eigenvalue weighted by Gasteiger charge is 2.42. The summed E-state index contributed by atoms with van der Waals surface area (Å²) >= 11 is 0. The van der Waals surface area contributed by atoms with Crippen molar-refractivity contribution in [3.05, 3.63) is 168 Å². The van der Waals surface area contributed by atoms with E-state index in [9.17, 15) is 9.59 Å². The van der Waals surface area contributed by atoms with Crippen molar-refractivity contribution in [2.45, 2.75) is 32.1 Å². The number of ether oxygens (including phenoxy) is 4. The quantitative estimate of drug-likeness (QED) is 0.0663. The lowest BCUT2D eigenvalue weighted by Crippen LogP contribution is -2.27. The molecule has 258 valence electrons. The topological polar surface area (TPSA) is 71.1 Å². The summed E-state index contributed by atoms with van der Waals surface area (Å²) in [6.45, 7) is 11.2. The summed E-state index contributed by atoms with van der Waals surface area (Å²) in [5.41, 5.74) is 9.07. The third kappa shape index (κ3) is 7.65. The molecule has 0 heterocycles. The van der Waals surface area contributed by atoms with Gasteiger partial charge in [0, 0.05) is 27.7 Å². The van der Waals surface area contributed by atoms with Crippen molar-refractivity contribution in [3.63, 3.8) is 0 Å². The molecule has 0 unspecified atom stereocenters. The fourth-order valence-electron chi connectivity index (χ4n) is 6.73. The first-order valence-electron chi connectivity index (χ1n) is 17.2. The normalized spacial score (nSPS) is 12.7. The van der Waals surface area contributed by atoms with Crippen LogP contribution in [0.1, 0.15) is 42.5 Å². The molecule has 6 nitrogen and oxygen atoms in total. The number of carbonyl (C=O) groups is 2. The van der Waals surface area contributed by atoms with E-state index < -0.39 is 17.4 Å². The van der Waals surface area contributed by atoms with Gasteiger partial charge in [0.15, 0.2) is 0 Å². The Bertz CT molecular complexity index is 1930. The molecule has 0 aliphatic heterocycles. The molecule has 1 aliphatic carbocycles. The van der Waals surface area contributed by atoms with Gasteiger partial charge in [0.25, 0.3) is 0 Å². The van der Waals surface area contributed by atoms with Crippen LogP contribution in [0.4, 0.5) is 0 Å². The molecular formula is C45H42O6. The molecular weight excluding hydrogens is 636 g/mol. The minimum atomic E-state index is -0.464. The number of benzene rings is 5. The average Bonchev–Trinajstić information content (AvgIpc) is 3.56. The maximum atomic E-state index is 11.9. The van der Waals surface area contributed by atoms with Crippen molar-refractivity contribution in [2.75, 3.05) is 26.4 Å². The number of rotatable bonds is 14. The third-order valence-electron chi connectivity index (χ3n) is 9.21. The van der Waals surface area contributed by atoms with Gasteiger partial charge in [0.2, 0.25) is 0 Å². The van der Waals surface area contributed by atoms with Crippen molar-refractivity contribution in [3.8, 4) is 33.8 Å². The van der Waals surface area contributed by atoms with Gasteiger partial charge in [-0.3, -0.25) is 0 Å². The summed E-state index contributed by atoms with van der Waals surface area (Å²) < 4.78 is 23.1. The number of fused-ring (bicyclic) bond motifs is 1. The third-order valence-corrected chi connectivity index (χ3v) is 9.21. The second kappa shape index (κ2) is 15.8. The van der Waals surface area contributed by atoms with Crippen molar-refractivity contribution in [1.82, 2.24) is 0 Å². The van der Waals surface area contributed by atoms with Crippen LogP contribution in [0.25, 0.3) is 22.3 Å². The summed E-state index contributed by atoms with van der Waals surface area (Å²) in [4.78, 5) is 23.9.